The molecular formula is C16H19N5O4S. The summed E-state index contributed by atoms with van der Waals surface area (Å²) in [6.45, 7) is 1.89. The molecule has 1 aromatic carbocycles. The highest BCUT2D eigenvalue weighted by molar-refractivity contribution is 7.93. The fourth-order valence-electron chi connectivity index (χ4n) is 2.78. The monoisotopic (exact) mass is 377 g/mol. The molecule has 9 nitrogen and oxygen atoms in total. The van der Waals surface area contributed by atoms with Crippen molar-refractivity contribution < 1.29 is 17.9 Å². The zero-order valence-electron chi connectivity index (χ0n) is 14.2. The van der Waals surface area contributed by atoms with Crippen LogP contribution in [0.15, 0.2) is 42.2 Å². The van der Waals surface area contributed by atoms with Gasteiger partial charge < -0.3 is 4.74 Å². The number of benzene rings is 1. The van der Waals surface area contributed by atoms with Gasteiger partial charge in [0, 0.05) is 5.69 Å². The average molecular weight is 377 g/mol. The first-order valence-corrected chi connectivity index (χ1v) is 9.78. The smallest absolute Gasteiger partial charge is 0.335 e. The molecule has 26 heavy (non-hydrogen) atoms. The lowest BCUT2D eigenvalue weighted by Crippen LogP contribution is -2.34. The molecule has 1 heterocycles. The van der Waals surface area contributed by atoms with Gasteiger partial charge in [-0.15, -0.1) is 15.0 Å². The van der Waals surface area contributed by atoms with Gasteiger partial charge in [-0.2, -0.15) is 0 Å². The number of rotatable bonds is 6. The second-order valence-electron chi connectivity index (χ2n) is 5.72. The maximum Gasteiger partial charge on any atom is 0.335 e. The van der Waals surface area contributed by atoms with Gasteiger partial charge in [0.1, 0.15) is 5.25 Å². The first-order valence-electron chi connectivity index (χ1n) is 8.23. The van der Waals surface area contributed by atoms with E-state index in [1.807, 2.05) is 0 Å². The van der Waals surface area contributed by atoms with Crippen molar-refractivity contribution in [3.8, 4) is 5.69 Å². The van der Waals surface area contributed by atoms with Gasteiger partial charge in [0.25, 0.3) is 0 Å². The summed E-state index contributed by atoms with van der Waals surface area (Å²) in [5, 5.41) is 10.4. The van der Waals surface area contributed by atoms with Crippen molar-refractivity contribution in [3.63, 3.8) is 0 Å². The van der Waals surface area contributed by atoms with Crippen molar-refractivity contribution in [2.24, 2.45) is 0 Å². The number of ether oxygens (including phenoxy) is 1. The lowest BCUT2D eigenvalue weighted by atomic mass is 9.99. The van der Waals surface area contributed by atoms with Crippen LogP contribution in [0.25, 0.3) is 5.69 Å². The van der Waals surface area contributed by atoms with Crippen LogP contribution >= 0.6 is 0 Å². The van der Waals surface area contributed by atoms with E-state index in [4.69, 9.17) is 4.74 Å². The second-order valence-corrected chi connectivity index (χ2v) is 7.58. The molecule has 0 saturated carbocycles. The Bertz CT molecular complexity index is 891. The maximum absolute atomic E-state index is 12.8. The Kier molecular flexibility index (Phi) is 5.31. The summed E-state index contributed by atoms with van der Waals surface area (Å²) in [7, 11) is -3.79. The highest BCUT2D eigenvalue weighted by atomic mass is 32.2. The van der Waals surface area contributed by atoms with Crippen LogP contribution in [0.5, 0.6) is 0 Å². The Morgan fingerprint density at radius 1 is 1.35 bits per heavy atom. The lowest BCUT2D eigenvalue weighted by Gasteiger charge is -2.23. The number of tetrazole rings is 1. The molecule has 0 radical (unpaired) electrons. The van der Waals surface area contributed by atoms with Gasteiger partial charge in [-0.3, -0.25) is 4.72 Å². The minimum atomic E-state index is -3.79. The molecule has 2 aromatic rings. The number of esters is 1. The van der Waals surface area contributed by atoms with Crippen LogP contribution in [0.1, 0.15) is 26.2 Å². The fraction of sp³-hybridized carbons (Fsp3) is 0.375. The number of allylic oxidation sites excluding steroid dienone is 1. The van der Waals surface area contributed by atoms with Crippen LogP contribution in [0, 0.1) is 0 Å². The number of hydrogen-bond donors (Lipinski definition) is 1. The number of carbonyl (C=O) groups excluding carboxylic acids is 1. The second kappa shape index (κ2) is 7.65. The summed E-state index contributed by atoms with van der Waals surface area (Å²) < 4.78 is 33.1. The van der Waals surface area contributed by atoms with Gasteiger partial charge in [0.05, 0.1) is 17.9 Å². The molecule has 1 aliphatic rings. The van der Waals surface area contributed by atoms with Crippen LogP contribution in [0.4, 0.5) is 5.69 Å². The van der Waals surface area contributed by atoms with Gasteiger partial charge in [0.15, 0.2) is 6.33 Å². The van der Waals surface area contributed by atoms with Gasteiger partial charge in [0.2, 0.25) is 10.0 Å². The Balaban J connectivity index is 1.78. The average Bonchev–Trinajstić information content (AvgIpc) is 3.17. The first kappa shape index (κ1) is 18.1. The zero-order valence-corrected chi connectivity index (χ0v) is 15.0. The Morgan fingerprint density at radius 2 is 2.12 bits per heavy atom. The number of sulfonamides is 1. The number of nitrogens with one attached hydrogen (secondary N) is 1. The minimum Gasteiger partial charge on any atom is -0.463 e. The van der Waals surface area contributed by atoms with Crippen molar-refractivity contribution >= 4 is 21.7 Å². The van der Waals surface area contributed by atoms with E-state index in [0.717, 1.165) is 0 Å². The van der Waals surface area contributed by atoms with Gasteiger partial charge in [-0.25, -0.2) is 13.2 Å². The standard InChI is InChI=1S/C16H19N5O4S/c1-2-25-16(22)14-5-3-4-6-15(14)26(23,24)19-12-7-9-13(10-8-12)21-18-11-17-20-21/h5,7-11,15,19H,2-4,6H2,1H3. The highest BCUT2D eigenvalue weighted by Gasteiger charge is 2.35. The zero-order chi connectivity index (χ0) is 18.6. The number of hydrogen-bond acceptors (Lipinski definition) is 7. The molecule has 138 valence electrons. The third kappa shape index (κ3) is 3.90. The fourth-order valence-corrected chi connectivity index (χ4v) is 4.39. The van der Waals surface area contributed by atoms with Crippen molar-refractivity contribution in [1.29, 1.82) is 0 Å². The molecule has 1 atom stereocenters. The molecule has 0 bridgehead atoms. The summed E-state index contributed by atoms with van der Waals surface area (Å²) in [5.74, 6) is -0.574. The number of aromatic nitrogens is 4. The number of carbonyl (C=O) groups is 1. The van der Waals surface area contributed by atoms with E-state index >= 15 is 0 Å². The van der Waals surface area contributed by atoms with E-state index in [2.05, 4.69) is 20.1 Å². The SMILES string of the molecule is CCOC(=O)C1=CCCCC1S(=O)(=O)Nc1ccc(-n2ncnn2)cc1. The summed E-state index contributed by atoms with van der Waals surface area (Å²) in [4.78, 5) is 13.4. The summed E-state index contributed by atoms with van der Waals surface area (Å²) in [5.41, 5.74) is 1.24. The molecule has 3 rings (SSSR count). The van der Waals surface area contributed by atoms with Gasteiger partial charge >= 0.3 is 5.97 Å². The Hall–Kier alpha value is -2.75. The molecule has 1 unspecified atom stereocenters. The third-order valence-corrected chi connectivity index (χ3v) is 5.73. The van der Waals surface area contributed by atoms with Crippen LogP contribution in [-0.4, -0.2) is 46.5 Å². The highest BCUT2D eigenvalue weighted by Crippen LogP contribution is 2.27. The molecule has 0 saturated heterocycles. The molecule has 0 spiro atoms. The Labute approximate surface area is 151 Å². The quantitative estimate of drug-likeness (QED) is 0.757. The molecule has 10 heteroatoms. The molecule has 1 aliphatic carbocycles. The first-order chi connectivity index (χ1) is 12.5. The van der Waals surface area contributed by atoms with Crippen LogP contribution in [0.2, 0.25) is 0 Å². The topological polar surface area (TPSA) is 116 Å². The van der Waals surface area contributed by atoms with E-state index in [0.29, 0.717) is 30.6 Å². The van der Waals surface area contributed by atoms with Gasteiger partial charge in [-0.05, 0) is 55.7 Å². The predicted molar refractivity (Wildman–Crippen MR) is 94.1 cm³/mol. The normalized spacial score (nSPS) is 17.4. The van der Waals surface area contributed by atoms with Crippen molar-refractivity contribution in [1.82, 2.24) is 20.2 Å². The summed E-state index contributed by atoms with van der Waals surface area (Å²) in [6, 6.07) is 6.55. The van der Waals surface area contributed by atoms with E-state index in [1.54, 1.807) is 37.3 Å². The van der Waals surface area contributed by atoms with Gasteiger partial charge in [-0.1, -0.05) is 6.08 Å². The number of nitrogens with zero attached hydrogens (tertiary/aromatic N) is 4. The lowest BCUT2D eigenvalue weighted by molar-refractivity contribution is -0.138. The Morgan fingerprint density at radius 3 is 2.77 bits per heavy atom. The number of anilines is 1. The third-order valence-electron chi connectivity index (χ3n) is 3.97. The summed E-state index contributed by atoms with van der Waals surface area (Å²) in [6.07, 6.45) is 4.71. The van der Waals surface area contributed by atoms with E-state index < -0.39 is 21.2 Å². The van der Waals surface area contributed by atoms with Crippen molar-refractivity contribution in [2.45, 2.75) is 31.4 Å². The van der Waals surface area contributed by atoms with E-state index in [9.17, 15) is 13.2 Å². The molecule has 0 amide bonds. The molecule has 0 fully saturated rings. The molecule has 1 N–H and O–H groups in total. The maximum atomic E-state index is 12.8. The van der Waals surface area contributed by atoms with Crippen LogP contribution < -0.4 is 4.72 Å². The van der Waals surface area contributed by atoms with Crippen molar-refractivity contribution in [2.75, 3.05) is 11.3 Å². The van der Waals surface area contributed by atoms with E-state index in [1.165, 1.54) is 11.1 Å². The predicted octanol–water partition coefficient (Wildman–Crippen LogP) is 1.45. The largest absolute Gasteiger partial charge is 0.463 e. The molecular weight excluding hydrogens is 358 g/mol. The van der Waals surface area contributed by atoms with Crippen LogP contribution in [0.3, 0.4) is 0 Å². The van der Waals surface area contributed by atoms with Crippen LogP contribution in [-0.2, 0) is 19.6 Å². The molecule has 1 aromatic heterocycles. The minimum absolute atomic E-state index is 0.203. The van der Waals surface area contributed by atoms with Crippen molar-refractivity contribution in [3.05, 3.63) is 42.2 Å². The van der Waals surface area contributed by atoms with E-state index in [-0.39, 0.29) is 12.2 Å². The molecule has 0 aliphatic heterocycles. The summed E-state index contributed by atoms with van der Waals surface area (Å²) >= 11 is 0.